The summed E-state index contributed by atoms with van der Waals surface area (Å²) in [6.45, 7) is 8.73. The van der Waals surface area contributed by atoms with Gasteiger partial charge in [-0.1, -0.05) is 6.58 Å². The monoisotopic (exact) mass is 434 g/mol. The number of nitrogen functional groups attached to an aromatic ring is 1. The Morgan fingerprint density at radius 2 is 1.68 bits per heavy atom. The largest absolute Gasteiger partial charge is 0.416 e. The molecular formula is C23H26F4N4. The first-order valence-electron chi connectivity index (χ1n) is 10.4. The van der Waals surface area contributed by atoms with E-state index in [0.717, 1.165) is 80.3 Å². The van der Waals surface area contributed by atoms with Gasteiger partial charge in [0.05, 0.1) is 16.9 Å². The zero-order valence-corrected chi connectivity index (χ0v) is 17.3. The number of aryl methyl sites for hydroxylation is 1. The Bertz CT molecular complexity index is 947. The van der Waals surface area contributed by atoms with Gasteiger partial charge in [-0.05, 0) is 54.8 Å². The van der Waals surface area contributed by atoms with Crippen molar-refractivity contribution in [1.29, 1.82) is 0 Å². The number of fused-ring (bicyclic) bond motifs is 1. The molecule has 4 nitrogen and oxygen atoms in total. The maximum atomic E-state index is 13.7. The maximum Gasteiger partial charge on any atom is 0.416 e. The number of benzene rings is 2. The Hall–Kier alpha value is -2.74. The number of piperazine rings is 1. The lowest BCUT2D eigenvalue weighted by Crippen LogP contribution is -2.48. The SMILES string of the molecule is C=C(CN1CCN(c2ccc(C(F)(F)F)cc2)CC1)N1CCCc2cc(F)cc(N)c21. The molecule has 0 spiro atoms. The van der Waals surface area contributed by atoms with Crippen LogP contribution in [0.4, 0.5) is 34.6 Å². The van der Waals surface area contributed by atoms with Crippen LogP contribution in [0.15, 0.2) is 48.7 Å². The maximum absolute atomic E-state index is 13.7. The van der Waals surface area contributed by atoms with E-state index in [-0.39, 0.29) is 5.82 Å². The number of nitrogens with zero attached hydrogens (tertiary/aromatic N) is 3. The van der Waals surface area contributed by atoms with Crippen LogP contribution in [0.25, 0.3) is 0 Å². The number of alkyl halides is 3. The molecule has 2 N–H and O–H groups in total. The van der Waals surface area contributed by atoms with E-state index in [1.54, 1.807) is 6.07 Å². The van der Waals surface area contributed by atoms with E-state index >= 15 is 0 Å². The Kier molecular flexibility index (Phi) is 5.83. The van der Waals surface area contributed by atoms with Crippen molar-refractivity contribution >= 4 is 17.1 Å². The third-order valence-corrected chi connectivity index (χ3v) is 6.00. The Labute approximate surface area is 179 Å². The molecular weight excluding hydrogens is 408 g/mol. The van der Waals surface area contributed by atoms with E-state index in [9.17, 15) is 17.6 Å². The average Bonchev–Trinajstić information content (AvgIpc) is 2.73. The molecule has 0 unspecified atom stereocenters. The third kappa shape index (κ3) is 4.63. The van der Waals surface area contributed by atoms with Crippen molar-refractivity contribution in [3.05, 3.63) is 65.6 Å². The van der Waals surface area contributed by atoms with Gasteiger partial charge in [0.15, 0.2) is 0 Å². The molecule has 2 aromatic carbocycles. The molecule has 0 amide bonds. The van der Waals surface area contributed by atoms with Crippen molar-refractivity contribution in [2.24, 2.45) is 0 Å². The number of hydrogen-bond acceptors (Lipinski definition) is 4. The van der Waals surface area contributed by atoms with Crippen LogP contribution in [0, 0.1) is 5.82 Å². The van der Waals surface area contributed by atoms with Gasteiger partial charge in [-0.2, -0.15) is 13.2 Å². The molecule has 2 aliphatic rings. The van der Waals surface area contributed by atoms with Crippen molar-refractivity contribution in [3.63, 3.8) is 0 Å². The lowest BCUT2D eigenvalue weighted by atomic mass is 9.99. The Morgan fingerprint density at radius 3 is 2.32 bits per heavy atom. The van der Waals surface area contributed by atoms with Crippen LogP contribution < -0.4 is 15.5 Å². The highest BCUT2D eigenvalue weighted by molar-refractivity contribution is 5.75. The molecule has 2 aromatic rings. The van der Waals surface area contributed by atoms with E-state index in [2.05, 4.69) is 21.3 Å². The Balaban J connectivity index is 1.36. The second kappa shape index (κ2) is 8.42. The van der Waals surface area contributed by atoms with Crippen molar-refractivity contribution in [3.8, 4) is 0 Å². The molecule has 8 heteroatoms. The van der Waals surface area contributed by atoms with Crippen LogP contribution in [0.3, 0.4) is 0 Å². The van der Waals surface area contributed by atoms with Crippen LogP contribution >= 0.6 is 0 Å². The second-order valence-corrected chi connectivity index (χ2v) is 8.13. The number of halogens is 4. The van der Waals surface area contributed by atoms with Gasteiger partial charge in [0, 0.05) is 50.7 Å². The number of rotatable bonds is 4. The molecule has 166 valence electrons. The molecule has 0 atom stereocenters. The van der Waals surface area contributed by atoms with Gasteiger partial charge in [0.25, 0.3) is 0 Å². The van der Waals surface area contributed by atoms with Crippen LogP contribution in [-0.2, 0) is 12.6 Å². The van der Waals surface area contributed by atoms with Gasteiger partial charge < -0.3 is 15.5 Å². The molecule has 1 fully saturated rings. The number of nitrogens with two attached hydrogens (primary N) is 1. The van der Waals surface area contributed by atoms with E-state index in [1.807, 2.05) is 0 Å². The predicted octanol–water partition coefficient (Wildman–Crippen LogP) is 4.52. The molecule has 0 aliphatic carbocycles. The van der Waals surface area contributed by atoms with Gasteiger partial charge in [-0.15, -0.1) is 0 Å². The zero-order valence-electron chi connectivity index (χ0n) is 17.3. The van der Waals surface area contributed by atoms with Gasteiger partial charge in [-0.3, -0.25) is 4.90 Å². The Morgan fingerprint density at radius 1 is 1.00 bits per heavy atom. The first-order valence-corrected chi connectivity index (χ1v) is 10.4. The van der Waals surface area contributed by atoms with Gasteiger partial charge in [0.1, 0.15) is 5.82 Å². The minimum Gasteiger partial charge on any atom is -0.397 e. The van der Waals surface area contributed by atoms with Crippen LogP contribution in [0.2, 0.25) is 0 Å². The van der Waals surface area contributed by atoms with Crippen LogP contribution in [-0.4, -0.2) is 44.2 Å². The highest BCUT2D eigenvalue weighted by Crippen LogP contribution is 2.36. The summed E-state index contributed by atoms with van der Waals surface area (Å²) in [5, 5.41) is 0. The molecule has 31 heavy (non-hydrogen) atoms. The van der Waals surface area contributed by atoms with Crippen LogP contribution in [0.5, 0.6) is 0 Å². The molecule has 0 radical (unpaired) electrons. The summed E-state index contributed by atoms with van der Waals surface area (Å²) in [6.07, 6.45) is -2.61. The summed E-state index contributed by atoms with van der Waals surface area (Å²) in [4.78, 5) is 6.46. The van der Waals surface area contributed by atoms with E-state index in [4.69, 9.17) is 5.73 Å². The second-order valence-electron chi connectivity index (χ2n) is 8.13. The molecule has 1 saturated heterocycles. The van der Waals surface area contributed by atoms with E-state index in [1.165, 1.54) is 18.2 Å². The molecule has 2 heterocycles. The summed E-state index contributed by atoms with van der Waals surface area (Å²) in [5.74, 6) is -0.317. The fraction of sp³-hybridized carbons (Fsp3) is 0.391. The quantitative estimate of drug-likeness (QED) is 0.567. The summed E-state index contributed by atoms with van der Waals surface area (Å²) in [5.41, 5.74) is 9.40. The lowest BCUT2D eigenvalue weighted by Gasteiger charge is -2.39. The summed E-state index contributed by atoms with van der Waals surface area (Å²) >= 11 is 0. The van der Waals surface area contributed by atoms with E-state index < -0.39 is 11.7 Å². The van der Waals surface area contributed by atoms with Crippen molar-refractivity contribution in [2.75, 3.05) is 54.8 Å². The summed E-state index contributed by atoms with van der Waals surface area (Å²) in [6, 6.07) is 8.23. The standard InChI is InChI=1S/C23H26F4N4/c1-16(31-8-2-3-17-13-19(24)14-21(28)22(17)31)15-29-9-11-30(12-10-29)20-6-4-18(5-7-20)23(25,26)27/h4-7,13-14H,1-3,8-12,15,28H2. The normalized spacial score (nSPS) is 17.5. The summed E-state index contributed by atoms with van der Waals surface area (Å²) < 4.78 is 52.0. The van der Waals surface area contributed by atoms with Gasteiger partial charge in [-0.25, -0.2) is 4.39 Å². The molecule has 0 bridgehead atoms. The number of hydrogen-bond donors (Lipinski definition) is 1. The molecule has 0 aromatic heterocycles. The minimum absolute atomic E-state index is 0.317. The topological polar surface area (TPSA) is 35.7 Å². The zero-order chi connectivity index (χ0) is 22.2. The van der Waals surface area contributed by atoms with Crippen molar-refractivity contribution < 1.29 is 17.6 Å². The van der Waals surface area contributed by atoms with Gasteiger partial charge in [0.2, 0.25) is 0 Å². The minimum atomic E-state index is -4.32. The molecule has 0 saturated carbocycles. The first kappa shape index (κ1) is 21.5. The van der Waals surface area contributed by atoms with Crippen molar-refractivity contribution in [2.45, 2.75) is 19.0 Å². The highest BCUT2D eigenvalue weighted by atomic mass is 19.4. The van der Waals surface area contributed by atoms with Crippen LogP contribution in [0.1, 0.15) is 17.5 Å². The predicted molar refractivity (Wildman–Crippen MR) is 116 cm³/mol. The first-order chi connectivity index (χ1) is 14.7. The third-order valence-electron chi connectivity index (χ3n) is 6.00. The van der Waals surface area contributed by atoms with Gasteiger partial charge >= 0.3 is 6.18 Å². The average molecular weight is 434 g/mol. The lowest BCUT2D eigenvalue weighted by molar-refractivity contribution is -0.137. The fourth-order valence-corrected chi connectivity index (χ4v) is 4.42. The summed E-state index contributed by atoms with van der Waals surface area (Å²) in [7, 11) is 0. The highest BCUT2D eigenvalue weighted by Gasteiger charge is 2.30. The molecule has 4 rings (SSSR count). The van der Waals surface area contributed by atoms with Crippen molar-refractivity contribution in [1.82, 2.24) is 4.90 Å². The molecule has 2 aliphatic heterocycles. The van der Waals surface area contributed by atoms with E-state index in [0.29, 0.717) is 12.2 Å². The fourth-order valence-electron chi connectivity index (χ4n) is 4.42. The number of anilines is 3. The smallest absolute Gasteiger partial charge is 0.397 e.